The second-order valence-corrected chi connectivity index (χ2v) is 7.27. The van der Waals surface area contributed by atoms with Gasteiger partial charge in [-0.15, -0.1) is 0 Å². The molecule has 3 aromatic rings. The van der Waals surface area contributed by atoms with Crippen molar-refractivity contribution in [1.82, 2.24) is 14.9 Å². The number of aryl methyl sites for hydroxylation is 1. The predicted molar refractivity (Wildman–Crippen MR) is 108 cm³/mol. The lowest BCUT2D eigenvalue weighted by molar-refractivity contribution is -0.116. The molecule has 2 aliphatic rings. The quantitative estimate of drug-likeness (QED) is 0.721. The molecule has 1 fully saturated rings. The molecule has 2 amide bonds. The number of fused-ring (bicyclic) bond motifs is 2. The number of aromatic nitrogens is 2. The van der Waals surface area contributed by atoms with Crippen LogP contribution in [-0.4, -0.2) is 52.9 Å². The van der Waals surface area contributed by atoms with Gasteiger partial charge in [-0.3, -0.25) is 9.59 Å². The summed E-state index contributed by atoms with van der Waals surface area (Å²) < 4.78 is 0. The Hall–Kier alpha value is -3.35. The van der Waals surface area contributed by atoms with Gasteiger partial charge in [0.25, 0.3) is 5.91 Å². The zero-order valence-electron chi connectivity index (χ0n) is 15.4. The molecule has 0 spiro atoms. The van der Waals surface area contributed by atoms with E-state index in [9.17, 15) is 9.59 Å². The fourth-order valence-electron chi connectivity index (χ4n) is 3.94. The topological polar surface area (TPSA) is 81.3 Å². The van der Waals surface area contributed by atoms with E-state index in [1.807, 2.05) is 41.3 Å². The highest BCUT2D eigenvalue weighted by molar-refractivity contribution is 5.95. The molecule has 0 saturated carbocycles. The standard InChI is InChI=1S/C21H21N5O2/c27-19-8-5-14-13-15(6-7-16(14)22-19)25-9-11-26(12-10-25)21(28)20-23-17-3-1-2-4-18(17)24-20/h1-4,6-7,13H,5,8-12H2,(H,22,27)(H,23,24). The zero-order valence-corrected chi connectivity index (χ0v) is 15.4. The molecule has 0 atom stereocenters. The number of nitrogens with zero attached hydrogens (tertiary/aromatic N) is 3. The number of benzene rings is 2. The molecule has 2 aliphatic heterocycles. The summed E-state index contributed by atoms with van der Waals surface area (Å²) >= 11 is 0. The third-order valence-electron chi connectivity index (χ3n) is 5.51. The van der Waals surface area contributed by atoms with E-state index in [0.717, 1.165) is 41.9 Å². The molecule has 0 radical (unpaired) electrons. The average Bonchev–Trinajstić information content (AvgIpc) is 3.17. The van der Waals surface area contributed by atoms with Crippen molar-refractivity contribution in [1.29, 1.82) is 0 Å². The normalized spacial score (nSPS) is 16.8. The van der Waals surface area contributed by atoms with Crippen LogP contribution in [0.1, 0.15) is 22.6 Å². The summed E-state index contributed by atoms with van der Waals surface area (Å²) in [6, 6.07) is 13.9. The molecule has 7 heteroatoms. The minimum Gasteiger partial charge on any atom is -0.368 e. The largest absolute Gasteiger partial charge is 0.368 e. The summed E-state index contributed by atoms with van der Waals surface area (Å²) in [6.45, 7) is 2.86. The summed E-state index contributed by atoms with van der Waals surface area (Å²) in [4.78, 5) is 36.0. The van der Waals surface area contributed by atoms with E-state index in [1.165, 1.54) is 5.56 Å². The van der Waals surface area contributed by atoms with Gasteiger partial charge in [-0.1, -0.05) is 12.1 Å². The van der Waals surface area contributed by atoms with Gasteiger partial charge in [0, 0.05) is 44.0 Å². The molecule has 0 aliphatic carbocycles. The molecule has 0 bridgehead atoms. The molecular formula is C21H21N5O2. The van der Waals surface area contributed by atoms with Crippen LogP contribution in [0, 0.1) is 0 Å². The van der Waals surface area contributed by atoms with Gasteiger partial charge >= 0.3 is 0 Å². The van der Waals surface area contributed by atoms with Crippen LogP contribution >= 0.6 is 0 Å². The molecule has 142 valence electrons. The fourth-order valence-corrected chi connectivity index (χ4v) is 3.94. The number of nitrogens with one attached hydrogen (secondary N) is 2. The lowest BCUT2D eigenvalue weighted by Gasteiger charge is -2.36. The number of aromatic amines is 1. The Morgan fingerprint density at radius 2 is 1.82 bits per heavy atom. The van der Waals surface area contributed by atoms with Crippen LogP contribution in [0.15, 0.2) is 42.5 Å². The number of carbonyl (C=O) groups excluding carboxylic acids is 2. The van der Waals surface area contributed by atoms with Gasteiger partial charge in [-0.05, 0) is 42.3 Å². The molecule has 0 unspecified atom stereocenters. The number of amides is 2. The van der Waals surface area contributed by atoms with Crippen molar-refractivity contribution in [2.24, 2.45) is 0 Å². The minimum absolute atomic E-state index is 0.0518. The van der Waals surface area contributed by atoms with Crippen LogP contribution in [0.25, 0.3) is 11.0 Å². The Morgan fingerprint density at radius 1 is 1.00 bits per heavy atom. The van der Waals surface area contributed by atoms with Gasteiger partial charge in [0.15, 0.2) is 5.82 Å². The van der Waals surface area contributed by atoms with E-state index < -0.39 is 0 Å². The van der Waals surface area contributed by atoms with Crippen molar-refractivity contribution in [3.05, 3.63) is 53.9 Å². The van der Waals surface area contributed by atoms with E-state index >= 15 is 0 Å². The van der Waals surface area contributed by atoms with Crippen molar-refractivity contribution in [2.75, 3.05) is 36.4 Å². The van der Waals surface area contributed by atoms with Crippen LogP contribution in [0.3, 0.4) is 0 Å². The van der Waals surface area contributed by atoms with Crippen LogP contribution in [0.4, 0.5) is 11.4 Å². The van der Waals surface area contributed by atoms with Crippen molar-refractivity contribution < 1.29 is 9.59 Å². The molecular weight excluding hydrogens is 354 g/mol. The van der Waals surface area contributed by atoms with Crippen molar-refractivity contribution in [2.45, 2.75) is 12.8 Å². The Balaban J connectivity index is 1.27. The molecule has 7 nitrogen and oxygen atoms in total. The first kappa shape index (κ1) is 16.8. The van der Waals surface area contributed by atoms with Crippen LogP contribution < -0.4 is 10.2 Å². The maximum atomic E-state index is 12.8. The Bertz CT molecular complexity index is 1030. The highest BCUT2D eigenvalue weighted by Gasteiger charge is 2.25. The smallest absolute Gasteiger partial charge is 0.289 e. The van der Waals surface area contributed by atoms with Gasteiger partial charge in [0.1, 0.15) is 0 Å². The maximum Gasteiger partial charge on any atom is 0.289 e. The first-order chi connectivity index (χ1) is 13.7. The molecule has 2 aromatic carbocycles. The summed E-state index contributed by atoms with van der Waals surface area (Å²) in [5.74, 6) is 0.432. The molecule has 1 saturated heterocycles. The van der Waals surface area contributed by atoms with Crippen molar-refractivity contribution in [3.8, 4) is 0 Å². The number of rotatable bonds is 2. The minimum atomic E-state index is -0.0518. The molecule has 1 aromatic heterocycles. The van der Waals surface area contributed by atoms with Gasteiger partial charge < -0.3 is 20.1 Å². The van der Waals surface area contributed by atoms with Gasteiger partial charge in [-0.2, -0.15) is 0 Å². The number of hydrogen-bond donors (Lipinski definition) is 2. The summed E-state index contributed by atoms with van der Waals surface area (Å²) in [7, 11) is 0. The second-order valence-electron chi connectivity index (χ2n) is 7.27. The van der Waals surface area contributed by atoms with Crippen LogP contribution in [0.5, 0.6) is 0 Å². The van der Waals surface area contributed by atoms with E-state index in [-0.39, 0.29) is 11.8 Å². The van der Waals surface area contributed by atoms with Crippen molar-refractivity contribution >= 4 is 34.2 Å². The second kappa shape index (κ2) is 6.67. The summed E-state index contributed by atoms with van der Waals surface area (Å²) in [5, 5.41) is 2.92. The number of H-pyrrole nitrogens is 1. The fraction of sp³-hybridized carbons (Fsp3) is 0.286. The number of carbonyl (C=O) groups is 2. The van der Waals surface area contributed by atoms with Gasteiger partial charge in [0.2, 0.25) is 5.91 Å². The molecule has 3 heterocycles. The SMILES string of the molecule is O=C1CCc2cc(N3CCN(C(=O)c4nc5ccccc5[nH]4)CC3)ccc2N1. The number of para-hydroxylation sites is 2. The Kier molecular flexibility index (Phi) is 4.00. The van der Waals surface area contributed by atoms with E-state index in [2.05, 4.69) is 26.3 Å². The first-order valence-corrected chi connectivity index (χ1v) is 9.59. The third kappa shape index (κ3) is 2.98. The number of piperazine rings is 1. The molecule has 5 rings (SSSR count). The van der Waals surface area contributed by atoms with Gasteiger partial charge in [-0.25, -0.2) is 4.98 Å². The lowest BCUT2D eigenvalue weighted by atomic mass is 10.0. The highest BCUT2D eigenvalue weighted by atomic mass is 16.2. The number of imidazole rings is 1. The van der Waals surface area contributed by atoms with Gasteiger partial charge in [0.05, 0.1) is 11.0 Å². The summed E-state index contributed by atoms with van der Waals surface area (Å²) in [5.41, 5.74) is 4.93. The van der Waals surface area contributed by atoms with Crippen LogP contribution in [0.2, 0.25) is 0 Å². The maximum absolute atomic E-state index is 12.8. The first-order valence-electron chi connectivity index (χ1n) is 9.59. The van der Waals surface area contributed by atoms with E-state index in [4.69, 9.17) is 0 Å². The predicted octanol–water partition coefficient (Wildman–Crippen LogP) is 2.41. The summed E-state index contributed by atoms with van der Waals surface area (Å²) in [6.07, 6.45) is 1.32. The Morgan fingerprint density at radius 3 is 2.64 bits per heavy atom. The zero-order chi connectivity index (χ0) is 19.1. The molecule has 2 N–H and O–H groups in total. The Labute approximate surface area is 162 Å². The van der Waals surface area contributed by atoms with Crippen LogP contribution in [-0.2, 0) is 11.2 Å². The van der Waals surface area contributed by atoms with E-state index in [1.54, 1.807) is 0 Å². The number of hydrogen-bond acceptors (Lipinski definition) is 4. The number of anilines is 2. The third-order valence-corrected chi connectivity index (χ3v) is 5.51. The molecule has 28 heavy (non-hydrogen) atoms. The lowest BCUT2D eigenvalue weighted by Crippen LogP contribution is -2.49. The highest BCUT2D eigenvalue weighted by Crippen LogP contribution is 2.28. The van der Waals surface area contributed by atoms with Crippen molar-refractivity contribution in [3.63, 3.8) is 0 Å². The monoisotopic (exact) mass is 375 g/mol. The van der Waals surface area contributed by atoms with E-state index in [0.29, 0.717) is 25.3 Å². The average molecular weight is 375 g/mol.